The lowest BCUT2D eigenvalue weighted by molar-refractivity contribution is -0.140. The number of nitrogens with zero attached hydrogens (tertiary/aromatic N) is 1. The number of nitrogens with two attached hydrogens (primary N) is 1. The van der Waals surface area contributed by atoms with E-state index >= 15 is 0 Å². The maximum absolute atomic E-state index is 13.1. The average Bonchev–Trinajstić information content (AvgIpc) is 3.31. The standard InChI is InChI=1S/C24H31ClN4O4.C3H8/c1-14(27-22(30)16-7-9-19(26)18(25)12-16)24(32)29-11-3-6-20(29)23(31)28-17-8-10-21(33-13-17)15-4-2-5-15;1-3-2/h7,9,12,14,17,20H,2-6,8,10-11,13,26H2,1H3,(H,27,30)(H,28,31);3H2,1-2H3. The van der Waals surface area contributed by atoms with Crippen LogP contribution in [-0.2, 0) is 14.3 Å². The van der Waals surface area contributed by atoms with Crippen LogP contribution >= 0.6 is 11.6 Å². The molecule has 8 nitrogen and oxygen atoms in total. The van der Waals surface area contributed by atoms with Crippen LogP contribution in [0.25, 0.3) is 0 Å². The normalized spacial score (nSPS) is 21.9. The highest BCUT2D eigenvalue weighted by molar-refractivity contribution is 6.33. The van der Waals surface area contributed by atoms with Crippen molar-refractivity contribution in [3.05, 3.63) is 40.1 Å². The van der Waals surface area contributed by atoms with Gasteiger partial charge in [0.1, 0.15) is 18.7 Å². The average molecular weight is 519 g/mol. The molecule has 1 aromatic carbocycles. The Bertz CT molecular complexity index is 980. The number of benzene rings is 1. The van der Waals surface area contributed by atoms with Gasteiger partial charge in [-0.1, -0.05) is 31.9 Å². The minimum Gasteiger partial charge on any atom is -0.496 e. The summed E-state index contributed by atoms with van der Waals surface area (Å²) in [4.78, 5) is 40.1. The molecule has 9 heteroatoms. The van der Waals surface area contributed by atoms with E-state index in [0.717, 1.165) is 37.9 Å². The van der Waals surface area contributed by atoms with Crippen LogP contribution in [0.5, 0.6) is 0 Å². The van der Waals surface area contributed by atoms with Crippen LogP contribution < -0.4 is 16.4 Å². The summed E-state index contributed by atoms with van der Waals surface area (Å²) in [6, 6.07) is 3.20. The van der Waals surface area contributed by atoms with Gasteiger partial charge in [-0.2, -0.15) is 0 Å². The van der Waals surface area contributed by atoms with E-state index in [9.17, 15) is 14.4 Å². The smallest absolute Gasteiger partial charge is 0.251 e. The molecule has 0 aromatic heterocycles. The highest BCUT2D eigenvalue weighted by Crippen LogP contribution is 2.33. The molecule has 2 heterocycles. The van der Waals surface area contributed by atoms with E-state index in [-0.39, 0.29) is 22.9 Å². The van der Waals surface area contributed by atoms with Gasteiger partial charge >= 0.3 is 0 Å². The summed E-state index contributed by atoms with van der Waals surface area (Å²) in [5, 5.41) is 6.04. The molecule has 198 valence electrons. The second kappa shape index (κ2) is 13.0. The van der Waals surface area contributed by atoms with Crippen LogP contribution in [0.15, 0.2) is 29.5 Å². The first kappa shape index (κ1) is 27.8. The molecule has 0 radical (unpaired) electrons. The summed E-state index contributed by atoms with van der Waals surface area (Å²) in [7, 11) is 0. The molecule has 2 saturated heterocycles. The lowest BCUT2D eigenvalue weighted by atomic mass is 9.89. The molecule has 0 spiro atoms. The topological polar surface area (TPSA) is 114 Å². The first-order chi connectivity index (χ1) is 17.2. The Morgan fingerprint density at radius 2 is 1.89 bits per heavy atom. The van der Waals surface area contributed by atoms with Gasteiger partial charge in [-0.15, -0.1) is 0 Å². The third-order valence-corrected chi connectivity index (χ3v) is 7.02. The molecule has 4 rings (SSSR count). The van der Waals surface area contributed by atoms with Gasteiger partial charge in [0.25, 0.3) is 5.91 Å². The van der Waals surface area contributed by atoms with Gasteiger partial charge in [-0.3, -0.25) is 14.4 Å². The van der Waals surface area contributed by atoms with Crippen molar-refractivity contribution < 1.29 is 19.1 Å². The van der Waals surface area contributed by atoms with Gasteiger partial charge in [0.15, 0.2) is 0 Å². The molecule has 3 amide bonds. The second-order valence-electron chi connectivity index (χ2n) is 9.76. The lowest BCUT2D eigenvalue weighted by Crippen LogP contribution is -2.54. The van der Waals surface area contributed by atoms with E-state index in [1.807, 2.05) is 0 Å². The van der Waals surface area contributed by atoms with E-state index in [1.54, 1.807) is 24.0 Å². The van der Waals surface area contributed by atoms with Crippen molar-refractivity contribution >= 4 is 35.0 Å². The number of ether oxygens (including phenoxy) is 1. The number of nitrogens with one attached hydrogen (secondary N) is 2. The van der Waals surface area contributed by atoms with E-state index in [2.05, 4.69) is 24.5 Å². The number of nitrogen functional groups attached to an aromatic ring is 1. The van der Waals surface area contributed by atoms with Crippen molar-refractivity contribution in [1.29, 1.82) is 0 Å². The maximum atomic E-state index is 13.1. The Kier molecular flexibility index (Phi) is 10.0. The van der Waals surface area contributed by atoms with Crippen molar-refractivity contribution in [3.8, 4) is 0 Å². The fourth-order valence-electron chi connectivity index (χ4n) is 4.55. The molecule has 1 saturated carbocycles. The fourth-order valence-corrected chi connectivity index (χ4v) is 4.73. The van der Waals surface area contributed by atoms with Crippen molar-refractivity contribution in [3.63, 3.8) is 0 Å². The van der Waals surface area contributed by atoms with Crippen LogP contribution in [0.2, 0.25) is 5.02 Å². The minimum absolute atomic E-state index is 0.0492. The Morgan fingerprint density at radius 3 is 2.47 bits per heavy atom. The predicted octanol–water partition coefficient (Wildman–Crippen LogP) is 4.18. The number of allylic oxidation sites excluding steroid dienone is 2. The Balaban J connectivity index is 0.00000115. The highest BCUT2D eigenvalue weighted by atomic mass is 35.5. The van der Waals surface area contributed by atoms with Crippen molar-refractivity contribution in [2.75, 3.05) is 18.9 Å². The molecule has 3 unspecified atom stereocenters. The monoisotopic (exact) mass is 518 g/mol. The molecule has 0 bridgehead atoms. The van der Waals surface area contributed by atoms with Crippen LogP contribution in [0.1, 0.15) is 82.5 Å². The molecule has 36 heavy (non-hydrogen) atoms. The number of likely N-dealkylation sites (tertiary alicyclic amines) is 1. The van der Waals surface area contributed by atoms with Crippen LogP contribution in [0, 0.1) is 0 Å². The van der Waals surface area contributed by atoms with Crippen LogP contribution in [-0.4, -0.2) is 53.9 Å². The molecule has 2 aliphatic heterocycles. The lowest BCUT2D eigenvalue weighted by Gasteiger charge is -2.32. The Hall–Kier alpha value is -2.74. The molecule has 1 aromatic rings. The molecule has 3 atom stereocenters. The first-order valence-electron chi connectivity index (χ1n) is 13.1. The number of carbonyl (C=O) groups is 3. The molecule has 3 aliphatic rings. The third kappa shape index (κ3) is 6.93. The third-order valence-electron chi connectivity index (χ3n) is 6.70. The largest absolute Gasteiger partial charge is 0.496 e. The van der Waals surface area contributed by atoms with Gasteiger partial charge in [0.05, 0.1) is 22.5 Å². The summed E-state index contributed by atoms with van der Waals surface area (Å²) < 4.78 is 5.89. The molecule has 1 aliphatic carbocycles. The first-order valence-corrected chi connectivity index (χ1v) is 13.4. The summed E-state index contributed by atoms with van der Waals surface area (Å²) in [6.45, 7) is 6.83. The van der Waals surface area contributed by atoms with Crippen molar-refractivity contribution in [2.45, 2.75) is 90.3 Å². The molecular weight excluding hydrogens is 480 g/mol. The number of rotatable bonds is 5. The molecule has 4 N–H and O–H groups in total. The van der Waals surface area contributed by atoms with Gasteiger partial charge in [0, 0.05) is 18.5 Å². The van der Waals surface area contributed by atoms with Gasteiger partial charge < -0.3 is 26.0 Å². The summed E-state index contributed by atoms with van der Waals surface area (Å²) in [5.74, 6) is 0.252. The van der Waals surface area contributed by atoms with Gasteiger partial charge in [-0.25, -0.2) is 0 Å². The zero-order valence-electron chi connectivity index (χ0n) is 21.6. The number of amides is 3. The number of hydrogen-bond acceptors (Lipinski definition) is 5. The molecular formula is C27H39ClN4O4. The van der Waals surface area contributed by atoms with Gasteiger partial charge in [0.2, 0.25) is 11.8 Å². The van der Waals surface area contributed by atoms with Crippen LogP contribution in [0.4, 0.5) is 5.69 Å². The molecule has 3 fully saturated rings. The summed E-state index contributed by atoms with van der Waals surface area (Å²) in [5.41, 5.74) is 7.80. The summed E-state index contributed by atoms with van der Waals surface area (Å²) in [6.07, 6.45) is 7.80. The SMILES string of the molecule is CC(NC(=O)c1ccc(N)c(Cl)c1)C(=O)N1CCCC1C(=O)NC1CCC(=C2CCC2)OC1.CCC. The van der Waals surface area contributed by atoms with Crippen LogP contribution in [0.3, 0.4) is 0 Å². The number of anilines is 1. The quantitative estimate of drug-likeness (QED) is 0.506. The Morgan fingerprint density at radius 1 is 1.17 bits per heavy atom. The predicted molar refractivity (Wildman–Crippen MR) is 141 cm³/mol. The highest BCUT2D eigenvalue weighted by Gasteiger charge is 2.37. The second-order valence-corrected chi connectivity index (χ2v) is 10.2. The summed E-state index contributed by atoms with van der Waals surface area (Å²) >= 11 is 5.99. The van der Waals surface area contributed by atoms with Crippen molar-refractivity contribution in [2.24, 2.45) is 0 Å². The number of hydrogen-bond donors (Lipinski definition) is 3. The van der Waals surface area contributed by atoms with Gasteiger partial charge in [-0.05, 0) is 69.2 Å². The zero-order chi connectivity index (χ0) is 26.2. The van der Waals surface area contributed by atoms with E-state index in [0.29, 0.717) is 30.8 Å². The van der Waals surface area contributed by atoms with Crippen molar-refractivity contribution in [1.82, 2.24) is 15.5 Å². The zero-order valence-corrected chi connectivity index (χ0v) is 22.3. The minimum atomic E-state index is -0.781. The number of halogens is 1. The number of carbonyl (C=O) groups excluding carboxylic acids is 3. The fraction of sp³-hybridized carbons (Fsp3) is 0.593. The maximum Gasteiger partial charge on any atom is 0.251 e. The van der Waals surface area contributed by atoms with E-state index in [4.69, 9.17) is 22.1 Å². The Labute approximate surface area is 218 Å². The van der Waals surface area contributed by atoms with E-state index < -0.39 is 18.0 Å². The van der Waals surface area contributed by atoms with E-state index in [1.165, 1.54) is 24.5 Å².